The summed E-state index contributed by atoms with van der Waals surface area (Å²) in [7, 11) is 0. The van der Waals surface area contributed by atoms with Gasteiger partial charge >= 0.3 is 6.03 Å². The van der Waals surface area contributed by atoms with Gasteiger partial charge in [0.2, 0.25) is 6.23 Å². The maximum Gasteiger partial charge on any atom is 0.324 e. The van der Waals surface area contributed by atoms with E-state index in [0.717, 1.165) is 12.0 Å². The molecule has 0 saturated carbocycles. The number of oxime groups is 1. The molecule has 2 amide bonds. The Morgan fingerprint density at radius 3 is 2.96 bits per heavy atom. The predicted octanol–water partition coefficient (Wildman–Crippen LogP) is 1.52. The van der Waals surface area contributed by atoms with Crippen LogP contribution in [0.3, 0.4) is 0 Å². The maximum absolute atomic E-state index is 13.0. The monoisotopic (exact) mass is 325 g/mol. The number of morpholine rings is 1. The normalized spacial score (nSPS) is 28.1. The Labute approximate surface area is 141 Å². The first-order valence-electron chi connectivity index (χ1n) is 8.24. The van der Waals surface area contributed by atoms with E-state index < -0.39 is 0 Å². The van der Waals surface area contributed by atoms with E-state index in [1.165, 1.54) is 0 Å². The first-order valence-corrected chi connectivity index (χ1v) is 8.24. The van der Waals surface area contributed by atoms with Crippen molar-refractivity contribution in [3.63, 3.8) is 0 Å². The SMILES string of the molecule is O=C(N1CCOCC1C#Cc1ccccc1)N1CCC2C=NOC21. The van der Waals surface area contributed by atoms with Crippen molar-refractivity contribution in [2.75, 3.05) is 26.3 Å². The Morgan fingerprint density at radius 1 is 1.21 bits per heavy atom. The number of fused-ring (bicyclic) bond motifs is 1. The molecule has 2 saturated heterocycles. The number of carbonyl (C=O) groups is 1. The lowest BCUT2D eigenvalue weighted by Gasteiger charge is -2.36. The number of likely N-dealkylation sites (tertiary alicyclic amines) is 1. The van der Waals surface area contributed by atoms with E-state index in [1.54, 1.807) is 16.0 Å². The van der Waals surface area contributed by atoms with E-state index in [0.29, 0.717) is 26.3 Å². The second kappa shape index (κ2) is 6.54. The van der Waals surface area contributed by atoms with Crippen LogP contribution in [0.2, 0.25) is 0 Å². The van der Waals surface area contributed by atoms with Crippen molar-refractivity contribution < 1.29 is 14.4 Å². The van der Waals surface area contributed by atoms with Gasteiger partial charge in [0.25, 0.3) is 0 Å². The molecular weight excluding hydrogens is 306 g/mol. The first kappa shape index (κ1) is 15.0. The third-order valence-corrected chi connectivity index (χ3v) is 4.57. The Morgan fingerprint density at radius 2 is 2.08 bits per heavy atom. The highest BCUT2D eigenvalue weighted by molar-refractivity contribution is 5.77. The average molecular weight is 325 g/mol. The number of carbonyl (C=O) groups excluding carboxylic acids is 1. The minimum Gasteiger partial charge on any atom is -0.376 e. The number of hydrogen-bond donors (Lipinski definition) is 0. The minimum absolute atomic E-state index is 0.0383. The molecule has 4 rings (SSSR count). The Balaban J connectivity index is 1.50. The van der Waals surface area contributed by atoms with Crippen molar-refractivity contribution in [3.8, 4) is 11.8 Å². The number of urea groups is 1. The summed E-state index contributed by atoms with van der Waals surface area (Å²) >= 11 is 0. The second-order valence-corrected chi connectivity index (χ2v) is 6.10. The fourth-order valence-electron chi connectivity index (χ4n) is 3.26. The zero-order chi connectivity index (χ0) is 16.4. The third-order valence-electron chi connectivity index (χ3n) is 4.57. The van der Waals surface area contributed by atoms with Crippen molar-refractivity contribution in [3.05, 3.63) is 35.9 Å². The average Bonchev–Trinajstić information content (AvgIpc) is 3.24. The van der Waals surface area contributed by atoms with E-state index in [4.69, 9.17) is 9.57 Å². The first-order chi connectivity index (χ1) is 11.8. The van der Waals surface area contributed by atoms with Crippen molar-refractivity contribution in [1.82, 2.24) is 9.80 Å². The molecule has 0 bridgehead atoms. The van der Waals surface area contributed by atoms with Crippen LogP contribution in [0.1, 0.15) is 12.0 Å². The van der Waals surface area contributed by atoms with Crippen LogP contribution in [-0.4, -0.2) is 60.6 Å². The molecule has 1 aromatic rings. The van der Waals surface area contributed by atoms with Crippen LogP contribution in [0.4, 0.5) is 4.79 Å². The van der Waals surface area contributed by atoms with Crippen molar-refractivity contribution in [1.29, 1.82) is 0 Å². The van der Waals surface area contributed by atoms with E-state index in [1.807, 2.05) is 30.3 Å². The highest BCUT2D eigenvalue weighted by Crippen LogP contribution is 2.29. The molecule has 1 aromatic carbocycles. The molecule has 6 heteroatoms. The Hall–Kier alpha value is -2.52. The molecule has 3 atom stereocenters. The van der Waals surface area contributed by atoms with Gasteiger partial charge < -0.3 is 14.5 Å². The van der Waals surface area contributed by atoms with Gasteiger partial charge in [-0.2, -0.15) is 0 Å². The largest absolute Gasteiger partial charge is 0.376 e. The maximum atomic E-state index is 13.0. The van der Waals surface area contributed by atoms with Crippen LogP contribution in [0, 0.1) is 17.8 Å². The highest BCUT2D eigenvalue weighted by atomic mass is 16.7. The smallest absolute Gasteiger partial charge is 0.324 e. The summed E-state index contributed by atoms with van der Waals surface area (Å²) in [5.41, 5.74) is 0.934. The highest BCUT2D eigenvalue weighted by Gasteiger charge is 2.43. The summed E-state index contributed by atoms with van der Waals surface area (Å²) in [5.74, 6) is 6.53. The van der Waals surface area contributed by atoms with Crippen LogP contribution in [0.25, 0.3) is 0 Å². The minimum atomic E-state index is -0.261. The van der Waals surface area contributed by atoms with Gasteiger partial charge in [0.1, 0.15) is 6.04 Å². The van der Waals surface area contributed by atoms with Crippen LogP contribution >= 0.6 is 0 Å². The summed E-state index contributed by atoms with van der Waals surface area (Å²) in [5, 5.41) is 3.85. The zero-order valence-electron chi connectivity index (χ0n) is 13.3. The van der Waals surface area contributed by atoms with E-state index in [2.05, 4.69) is 17.0 Å². The topological polar surface area (TPSA) is 54.4 Å². The molecule has 3 heterocycles. The molecule has 3 aliphatic heterocycles. The van der Waals surface area contributed by atoms with Gasteiger partial charge in [0.05, 0.1) is 25.3 Å². The molecular formula is C18H19N3O3. The lowest BCUT2D eigenvalue weighted by atomic mass is 10.1. The molecule has 2 fully saturated rings. The second-order valence-electron chi connectivity index (χ2n) is 6.10. The molecule has 6 nitrogen and oxygen atoms in total. The molecule has 3 unspecified atom stereocenters. The lowest BCUT2D eigenvalue weighted by Crippen LogP contribution is -2.54. The molecule has 3 aliphatic rings. The third kappa shape index (κ3) is 2.83. The molecule has 0 radical (unpaired) electrons. The summed E-state index contributed by atoms with van der Waals surface area (Å²) < 4.78 is 5.53. The van der Waals surface area contributed by atoms with Crippen molar-refractivity contribution in [2.45, 2.75) is 18.7 Å². The van der Waals surface area contributed by atoms with Gasteiger partial charge in [-0.05, 0) is 18.6 Å². The number of hydrogen-bond acceptors (Lipinski definition) is 4. The number of benzene rings is 1. The van der Waals surface area contributed by atoms with Crippen LogP contribution < -0.4 is 0 Å². The fourth-order valence-corrected chi connectivity index (χ4v) is 3.26. The molecule has 0 spiro atoms. The lowest BCUT2D eigenvalue weighted by molar-refractivity contribution is -0.0282. The molecule has 0 N–H and O–H groups in total. The van der Waals surface area contributed by atoms with Gasteiger partial charge in [0.15, 0.2) is 0 Å². The number of ether oxygens (including phenoxy) is 1. The van der Waals surface area contributed by atoms with E-state index in [-0.39, 0.29) is 24.2 Å². The van der Waals surface area contributed by atoms with Crippen molar-refractivity contribution in [2.24, 2.45) is 11.1 Å². The summed E-state index contributed by atoms with van der Waals surface area (Å²) in [6.45, 7) is 2.21. The molecule has 24 heavy (non-hydrogen) atoms. The van der Waals surface area contributed by atoms with E-state index >= 15 is 0 Å². The van der Waals surface area contributed by atoms with Crippen LogP contribution in [-0.2, 0) is 9.57 Å². The number of rotatable bonds is 0. The van der Waals surface area contributed by atoms with Crippen LogP contribution in [0.5, 0.6) is 0 Å². The predicted molar refractivity (Wildman–Crippen MR) is 88.2 cm³/mol. The summed E-state index contributed by atoms with van der Waals surface area (Å²) in [6, 6.07) is 9.49. The van der Waals surface area contributed by atoms with Gasteiger partial charge in [-0.25, -0.2) is 4.79 Å². The van der Waals surface area contributed by atoms with Crippen molar-refractivity contribution >= 4 is 12.2 Å². The van der Waals surface area contributed by atoms with E-state index in [9.17, 15) is 4.79 Å². The quantitative estimate of drug-likeness (QED) is 0.680. The summed E-state index contributed by atoms with van der Waals surface area (Å²) in [4.78, 5) is 21.9. The van der Waals surface area contributed by atoms with Crippen LogP contribution in [0.15, 0.2) is 35.5 Å². The van der Waals surface area contributed by atoms with Gasteiger partial charge in [-0.3, -0.25) is 4.90 Å². The van der Waals surface area contributed by atoms with Gasteiger partial charge in [-0.1, -0.05) is 35.2 Å². The molecule has 124 valence electrons. The van der Waals surface area contributed by atoms with Gasteiger partial charge in [0, 0.05) is 18.7 Å². The Bertz CT molecular complexity index is 694. The number of nitrogens with zero attached hydrogens (tertiary/aromatic N) is 3. The number of amides is 2. The zero-order valence-corrected chi connectivity index (χ0v) is 13.3. The fraction of sp³-hybridized carbons (Fsp3) is 0.444. The molecule has 0 aliphatic carbocycles. The standard InChI is InChI=1S/C18H19N3O3/c22-18(21-9-8-15-12-19-24-17(15)21)20-10-11-23-13-16(20)7-6-14-4-2-1-3-5-14/h1-5,12,15-17H,8-11,13H2. The van der Waals surface area contributed by atoms with Gasteiger partial charge in [-0.15, -0.1) is 0 Å². The summed E-state index contributed by atoms with van der Waals surface area (Å²) in [6.07, 6.45) is 2.43. The molecule has 0 aromatic heterocycles. The Kier molecular flexibility index (Phi) is 4.09.